The number of carbonyl (C=O) groups is 1. The summed E-state index contributed by atoms with van der Waals surface area (Å²) in [5.74, 6) is -0.644. The van der Waals surface area contributed by atoms with Crippen molar-refractivity contribution in [1.82, 2.24) is 14.9 Å². The molecule has 0 aliphatic rings. The van der Waals surface area contributed by atoms with Gasteiger partial charge in [0.15, 0.2) is 0 Å². The number of halogens is 1. The van der Waals surface area contributed by atoms with Crippen molar-refractivity contribution in [2.24, 2.45) is 0 Å². The Morgan fingerprint density at radius 2 is 2.35 bits per heavy atom. The van der Waals surface area contributed by atoms with Crippen molar-refractivity contribution in [2.45, 2.75) is 19.4 Å². The maximum atomic E-state index is 13.6. The molecule has 1 amide bonds. The molecular weight excluding hydrogens is 299 g/mol. The highest BCUT2D eigenvalue weighted by molar-refractivity contribution is 5.75. The minimum absolute atomic E-state index is 0.0226. The maximum absolute atomic E-state index is 13.6. The number of amides is 1. The Morgan fingerprint density at radius 3 is 3.04 bits per heavy atom. The molecule has 0 radical (unpaired) electrons. The van der Waals surface area contributed by atoms with E-state index in [4.69, 9.17) is 10.00 Å². The number of nitrogens with zero attached hydrogens (tertiary/aromatic N) is 3. The fourth-order valence-corrected chi connectivity index (χ4v) is 2.13. The smallest absolute Gasteiger partial charge is 0.222 e. The molecule has 0 unspecified atom stereocenters. The van der Waals surface area contributed by atoms with Gasteiger partial charge in [0.05, 0.1) is 11.9 Å². The minimum atomic E-state index is -0.536. The van der Waals surface area contributed by atoms with E-state index in [9.17, 15) is 9.18 Å². The molecule has 7 heteroatoms. The van der Waals surface area contributed by atoms with Gasteiger partial charge in [-0.3, -0.25) is 4.79 Å². The molecule has 6 nitrogen and oxygen atoms in total. The second-order valence-corrected chi connectivity index (χ2v) is 4.97. The Labute approximate surface area is 133 Å². The van der Waals surface area contributed by atoms with E-state index in [0.717, 1.165) is 11.3 Å². The fourth-order valence-electron chi connectivity index (χ4n) is 2.13. The summed E-state index contributed by atoms with van der Waals surface area (Å²) in [6, 6.07) is 6.30. The molecule has 1 aromatic carbocycles. The number of aryl methyl sites for hydroxylation is 1. The van der Waals surface area contributed by atoms with Crippen LogP contribution in [0.15, 0.2) is 30.7 Å². The zero-order valence-electron chi connectivity index (χ0n) is 12.8. The summed E-state index contributed by atoms with van der Waals surface area (Å²) >= 11 is 0. The van der Waals surface area contributed by atoms with Gasteiger partial charge in [-0.15, -0.1) is 0 Å². The standard InChI is InChI=1S/C16H17FN4O2/c1-23-11-20-16(22)5-4-14-8-19-10-21(14)9-12-2-3-13(7-18)15(17)6-12/h2-3,6,8,10H,4-5,9,11H2,1H3,(H,20,22). The molecule has 0 fully saturated rings. The molecule has 0 atom stereocenters. The Morgan fingerprint density at radius 1 is 1.52 bits per heavy atom. The summed E-state index contributed by atoms with van der Waals surface area (Å²) in [7, 11) is 1.51. The van der Waals surface area contributed by atoms with E-state index >= 15 is 0 Å². The van der Waals surface area contributed by atoms with Crippen LogP contribution in [0.4, 0.5) is 4.39 Å². The molecular formula is C16H17FN4O2. The SMILES string of the molecule is COCNC(=O)CCc1cncn1Cc1ccc(C#N)c(F)c1. The van der Waals surface area contributed by atoms with Crippen LogP contribution < -0.4 is 5.32 Å². The molecule has 0 spiro atoms. The zero-order valence-corrected chi connectivity index (χ0v) is 12.8. The largest absolute Gasteiger partial charge is 0.364 e. The molecule has 0 saturated carbocycles. The highest BCUT2D eigenvalue weighted by Gasteiger charge is 2.08. The number of nitrogens with one attached hydrogen (secondary N) is 1. The number of carbonyl (C=O) groups excluding carboxylic acids is 1. The van der Waals surface area contributed by atoms with Crippen molar-refractivity contribution in [1.29, 1.82) is 5.26 Å². The summed E-state index contributed by atoms with van der Waals surface area (Å²) in [4.78, 5) is 15.7. The number of methoxy groups -OCH3 is 1. The van der Waals surface area contributed by atoms with Gasteiger partial charge in [0.1, 0.15) is 18.6 Å². The molecule has 1 heterocycles. The van der Waals surface area contributed by atoms with Crippen LogP contribution in [0.5, 0.6) is 0 Å². The van der Waals surface area contributed by atoms with Crippen molar-refractivity contribution in [2.75, 3.05) is 13.8 Å². The molecule has 1 aromatic heterocycles. The third-order valence-electron chi connectivity index (χ3n) is 3.33. The molecule has 2 aromatic rings. The fraction of sp³-hybridized carbons (Fsp3) is 0.312. The number of imidazole rings is 1. The molecule has 0 aliphatic carbocycles. The van der Waals surface area contributed by atoms with E-state index in [-0.39, 0.29) is 18.2 Å². The van der Waals surface area contributed by atoms with Crippen LogP contribution in [-0.2, 0) is 22.5 Å². The second-order valence-electron chi connectivity index (χ2n) is 4.97. The number of benzene rings is 1. The van der Waals surface area contributed by atoms with Crippen LogP contribution in [-0.4, -0.2) is 29.3 Å². The first kappa shape index (κ1) is 16.6. The van der Waals surface area contributed by atoms with Crippen molar-refractivity contribution in [3.8, 4) is 6.07 Å². The lowest BCUT2D eigenvalue weighted by Crippen LogP contribution is -2.25. The molecule has 1 N–H and O–H groups in total. The van der Waals surface area contributed by atoms with Crippen molar-refractivity contribution in [3.05, 3.63) is 53.4 Å². The molecule has 0 aliphatic heterocycles. The molecule has 0 saturated heterocycles. The normalized spacial score (nSPS) is 10.3. The Hall–Kier alpha value is -2.72. The van der Waals surface area contributed by atoms with Crippen molar-refractivity contribution < 1.29 is 13.9 Å². The lowest BCUT2D eigenvalue weighted by atomic mass is 10.1. The first-order chi connectivity index (χ1) is 11.1. The van der Waals surface area contributed by atoms with Crippen LogP contribution in [0.2, 0.25) is 0 Å². The summed E-state index contributed by atoms with van der Waals surface area (Å²) in [5, 5.41) is 11.4. The maximum Gasteiger partial charge on any atom is 0.222 e. The number of ether oxygens (including phenoxy) is 1. The van der Waals surface area contributed by atoms with Crippen LogP contribution in [0.1, 0.15) is 23.2 Å². The minimum Gasteiger partial charge on any atom is -0.364 e. The third-order valence-corrected chi connectivity index (χ3v) is 3.33. The highest BCUT2D eigenvalue weighted by Crippen LogP contribution is 2.12. The Bertz CT molecular complexity index is 721. The van der Waals surface area contributed by atoms with E-state index in [2.05, 4.69) is 10.3 Å². The average molecular weight is 316 g/mol. The Kier molecular flexibility index (Phi) is 5.83. The summed E-state index contributed by atoms with van der Waals surface area (Å²) in [5.41, 5.74) is 1.63. The lowest BCUT2D eigenvalue weighted by Gasteiger charge is -2.09. The van der Waals surface area contributed by atoms with Crippen LogP contribution in [0.25, 0.3) is 0 Å². The topological polar surface area (TPSA) is 79.9 Å². The first-order valence-electron chi connectivity index (χ1n) is 7.07. The van der Waals surface area contributed by atoms with Gasteiger partial charge in [-0.1, -0.05) is 6.07 Å². The van der Waals surface area contributed by atoms with E-state index in [1.54, 1.807) is 24.7 Å². The van der Waals surface area contributed by atoms with Crippen LogP contribution in [0.3, 0.4) is 0 Å². The van der Waals surface area contributed by atoms with Gasteiger partial charge < -0.3 is 14.6 Å². The summed E-state index contributed by atoms with van der Waals surface area (Å²) < 4.78 is 20.3. The van der Waals surface area contributed by atoms with Gasteiger partial charge in [-0.05, 0) is 24.1 Å². The quantitative estimate of drug-likeness (QED) is 0.787. The summed E-state index contributed by atoms with van der Waals surface area (Å²) in [6.45, 7) is 0.611. The van der Waals surface area contributed by atoms with Crippen LogP contribution >= 0.6 is 0 Å². The number of aromatic nitrogens is 2. The predicted octanol–water partition coefficient (Wildman–Crippen LogP) is 1.59. The third kappa shape index (κ3) is 4.63. The van der Waals surface area contributed by atoms with E-state index < -0.39 is 5.82 Å². The zero-order chi connectivity index (χ0) is 16.7. The predicted molar refractivity (Wildman–Crippen MR) is 80.8 cm³/mol. The number of rotatable bonds is 7. The van der Waals surface area contributed by atoms with Gasteiger partial charge in [-0.2, -0.15) is 5.26 Å². The monoisotopic (exact) mass is 316 g/mol. The number of hydrogen-bond donors (Lipinski definition) is 1. The first-order valence-corrected chi connectivity index (χ1v) is 7.07. The Balaban J connectivity index is 2.00. The van der Waals surface area contributed by atoms with E-state index in [0.29, 0.717) is 19.4 Å². The molecule has 0 bridgehead atoms. The second kappa shape index (κ2) is 8.06. The molecule has 2 rings (SSSR count). The summed E-state index contributed by atoms with van der Waals surface area (Å²) in [6.07, 6.45) is 4.16. The van der Waals surface area contributed by atoms with Crippen molar-refractivity contribution in [3.63, 3.8) is 0 Å². The molecule has 120 valence electrons. The number of hydrogen-bond acceptors (Lipinski definition) is 4. The van der Waals surface area contributed by atoms with Crippen LogP contribution in [0, 0.1) is 17.1 Å². The van der Waals surface area contributed by atoms with Gasteiger partial charge in [0.25, 0.3) is 0 Å². The van der Waals surface area contributed by atoms with E-state index in [1.165, 1.54) is 19.2 Å². The van der Waals surface area contributed by atoms with Gasteiger partial charge >= 0.3 is 0 Å². The molecule has 23 heavy (non-hydrogen) atoms. The van der Waals surface area contributed by atoms with Gasteiger partial charge in [-0.25, -0.2) is 9.37 Å². The average Bonchev–Trinajstić information content (AvgIpc) is 2.98. The number of nitriles is 1. The lowest BCUT2D eigenvalue weighted by molar-refractivity contribution is -0.122. The van der Waals surface area contributed by atoms with E-state index in [1.807, 2.05) is 4.57 Å². The highest BCUT2D eigenvalue weighted by atomic mass is 19.1. The van der Waals surface area contributed by atoms with Gasteiger partial charge in [0, 0.05) is 32.0 Å². The van der Waals surface area contributed by atoms with Crippen molar-refractivity contribution >= 4 is 5.91 Å². The van der Waals surface area contributed by atoms with Gasteiger partial charge in [0.2, 0.25) is 5.91 Å².